The monoisotopic (exact) mass is 1580 g/mol. The minimum absolute atomic E-state index is 0.00338. The lowest BCUT2D eigenvalue weighted by molar-refractivity contribution is -0.0337. The molecule has 6 aromatic heterocycles. The van der Waals surface area contributed by atoms with Gasteiger partial charge in [-0.1, -0.05) is 86.8 Å². The van der Waals surface area contributed by atoms with Crippen LogP contribution in [-0.4, -0.2) is 92.6 Å². The zero-order valence-corrected chi connectivity index (χ0v) is 58.4. The van der Waals surface area contributed by atoms with Crippen molar-refractivity contribution >= 4 is 229 Å². The van der Waals surface area contributed by atoms with Crippen LogP contribution < -0.4 is 27.0 Å². The second-order valence-corrected chi connectivity index (χ2v) is 30.4. The Morgan fingerprint density at radius 1 is 0.557 bits per heavy atom. The maximum Gasteiger partial charge on any atom is 0.446 e. The Labute approximate surface area is 561 Å². The maximum atomic E-state index is 13.2. The van der Waals surface area contributed by atoms with Crippen LogP contribution in [-0.2, 0) is 6.42 Å². The van der Waals surface area contributed by atoms with Gasteiger partial charge >= 0.3 is 22.5 Å². The molecule has 0 spiro atoms. The molecule has 470 valence electrons. The van der Waals surface area contributed by atoms with Crippen molar-refractivity contribution in [2.24, 2.45) is 0 Å². The van der Waals surface area contributed by atoms with E-state index in [9.17, 15) is 53.9 Å². The molecule has 12 nitrogen and oxygen atoms in total. The number of thioether (sulfide) groups is 6. The summed E-state index contributed by atoms with van der Waals surface area (Å²) < 4.78 is 117. The number of pyridine rings is 3. The van der Waals surface area contributed by atoms with Crippen molar-refractivity contribution in [3.05, 3.63) is 125 Å². The van der Waals surface area contributed by atoms with Crippen LogP contribution in [0.1, 0.15) is 55.3 Å². The first-order chi connectivity index (χ1) is 41.4. The Hall–Kier alpha value is -4.29. The minimum atomic E-state index is -4.44. The van der Waals surface area contributed by atoms with Crippen molar-refractivity contribution in [1.29, 1.82) is 0 Å². The molecule has 0 radical (unpaired) electrons. The van der Waals surface area contributed by atoms with Crippen molar-refractivity contribution in [1.82, 2.24) is 15.0 Å². The normalized spacial score (nSPS) is 11.6. The van der Waals surface area contributed by atoms with E-state index in [1.807, 2.05) is 75.4 Å². The maximum absolute atomic E-state index is 13.2. The number of nitrogens with two attached hydrogens (primary N) is 2. The number of ketones is 1. The molecule has 0 aliphatic heterocycles. The quantitative estimate of drug-likeness (QED) is 0.0328. The van der Waals surface area contributed by atoms with E-state index in [0.717, 1.165) is 94.2 Å². The second-order valence-electron chi connectivity index (χ2n) is 17.3. The first-order valence-corrected chi connectivity index (χ1v) is 35.3. The highest BCUT2D eigenvalue weighted by atomic mass is 79.9. The number of thiophene rings is 3. The fourth-order valence-corrected chi connectivity index (χ4v) is 17.8. The van der Waals surface area contributed by atoms with Crippen molar-refractivity contribution in [2.75, 3.05) is 65.4 Å². The van der Waals surface area contributed by atoms with Crippen LogP contribution in [0.5, 0.6) is 0 Å². The van der Waals surface area contributed by atoms with Gasteiger partial charge in [0.1, 0.15) is 21.4 Å². The van der Waals surface area contributed by atoms with Gasteiger partial charge < -0.3 is 27.2 Å². The highest BCUT2D eigenvalue weighted by Crippen LogP contribution is 2.45. The summed E-state index contributed by atoms with van der Waals surface area (Å²) in [5.41, 5.74) is -1.16. The Kier molecular flexibility index (Phi) is 26.7. The molecule has 7 N–H and O–H groups in total. The molecular formula is C55H48Br3F9N8O4S9. The number of benzene rings is 3. The molecule has 1 amide bonds. The molecule has 0 saturated heterocycles. The number of alkyl halides is 9. The van der Waals surface area contributed by atoms with Crippen LogP contribution in [0.15, 0.2) is 134 Å². The number of carbonyl (C=O) groups excluding carboxylic acids is 2. The number of aromatic carboxylic acids is 1. The fourth-order valence-electron chi connectivity index (χ4n) is 7.79. The lowest BCUT2D eigenvalue weighted by Gasteiger charge is -2.18. The number of halogens is 12. The predicted molar refractivity (Wildman–Crippen MR) is 362 cm³/mol. The average molecular weight is 1580 g/mol. The molecule has 6 heterocycles. The van der Waals surface area contributed by atoms with E-state index < -0.39 is 22.5 Å². The smallest absolute Gasteiger partial charge is 0.446 e. The molecule has 0 atom stereocenters. The van der Waals surface area contributed by atoms with Gasteiger partial charge in [0.25, 0.3) is 5.91 Å². The SMILES string of the molecule is CCSc1c(C(=O)Cc2cc(SC(F)(F)F)cnc2NC)sc2cc(Br)ccc12.CCSc1c(C(=O)N(C)c2ncc(SC(F)(F)F)cc2N)sc2cc(Br)ccc12.CCSc1c(C(=O)O)sc2cc(Br)ccc12.CNc1ncc(SC(F)(F)F)cc1N. The number of hydrogen-bond acceptors (Lipinski definition) is 19. The number of nitrogens with one attached hydrogen (secondary N) is 2. The lowest BCUT2D eigenvalue weighted by Crippen LogP contribution is -2.27. The number of carboxylic acids is 1. The van der Waals surface area contributed by atoms with E-state index in [-0.39, 0.29) is 85.3 Å². The summed E-state index contributed by atoms with van der Waals surface area (Å²) in [7, 11) is 4.73. The lowest BCUT2D eigenvalue weighted by atomic mass is 10.1. The van der Waals surface area contributed by atoms with E-state index in [2.05, 4.69) is 73.4 Å². The number of amides is 1. The molecule has 0 saturated carbocycles. The molecule has 3 aromatic carbocycles. The van der Waals surface area contributed by atoms with E-state index >= 15 is 0 Å². The summed E-state index contributed by atoms with van der Waals surface area (Å²) in [6, 6.07) is 21.4. The van der Waals surface area contributed by atoms with E-state index in [0.29, 0.717) is 31.8 Å². The number of carboxylic acid groups (broad SMARTS) is 1. The first-order valence-electron chi connectivity index (χ1n) is 25.1. The van der Waals surface area contributed by atoms with Crippen LogP contribution >= 0.6 is 152 Å². The zero-order chi connectivity index (χ0) is 65.0. The van der Waals surface area contributed by atoms with E-state index in [1.54, 1.807) is 49.4 Å². The number of aromatic nitrogens is 3. The predicted octanol–water partition coefficient (Wildman–Crippen LogP) is 20.7. The van der Waals surface area contributed by atoms with Gasteiger partial charge in [0.15, 0.2) is 11.6 Å². The zero-order valence-electron chi connectivity index (χ0n) is 46.3. The Bertz CT molecular complexity index is 3970. The Balaban J connectivity index is 0.000000196. The van der Waals surface area contributed by atoms with Crippen LogP contribution in [0.2, 0.25) is 0 Å². The van der Waals surface area contributed by atoms with E-state index in [4.69, 9.17) is 16.6 Å². The summed E-state index contributed by atoms with van der Waals surface area (Å²) in [5, 5.41) is 17.7. The minimum Gasteiger partial charge on any atom is -0.477 e. The fraction of sp³-hybridized carbons (Fsp3) is 0.236. The van der Waals surface area contributed by atoms with Crippen molar-refractivity contribution in [3.63, 3.8) is 0 Å². The third-order valence-corrected chi connectivity index (χ3v) is 21.6. The van der Waals surface area contributed by atoms with Gasteiger partial charge in [-0.2, -0.15) is 39.5 Å². The van der Waals surface area contributed by atoms with Crippen LogP contribution in [0.3, 0.4) is 0 Å². The summed E-state index contributed by atoms with van der Waals surface area (Å²) in [4.78, 5) is 54.6. The van der Waals surface area contributed by atoms with Gasteiger partial charge in [0.05, 0.1) is 16.3 Å². The van der Waals surface area contributed by atoms with Gasteiger partial charge in [0, 0.05) is 125 Å². The number of nitrogen functional groups attached to an aromatic ring is 2. The van der Waals surface area contributed by atoms with Gasteiger partial charge in [-0.15, -0.1) is 69.3 Å². The largest absolute Gasteiger partial charge is 0.477 e. The molecule has 0 unspecified atom stereocenters. The average Bonchev–Trinajstić information content (AvgIpc) is 3.46. The number of Topliss-reactive ketones (excluding diaryl/α,β-unsaturated/α-hetero) is 1. The number of rotatable bonds is 17. The number of fused-ring (bicyclic) bond motifs is 3. The first kappa shape index (κ1) is 72.8. The number of anilines is 5. The summed E-state index contributed by atoms with van der Waals surface area (Å²) >= 11 is 18.4. The Morgan fingerprint density at radius 3 is 1.33 bits per heavy atom. The summed E-state index contributed by atoms with van der Waals surface area (Å²) in [6.07, 6.45) is 3.33. The highest BCUT2D eigenvalue weighted by Gasteiger charge is 2.33. The summed E-state index contributed by atoms with van der Waals surface area (Å²) in [6.45, 7) is 6.04. The third kappa shape index (κ3) is 20.4. The molecule has 0 aliphatic carbocycles. The number of hydrogen-bond donors (Lipinski definition) is 5. The molecule has 0 bridgehead atoms. The molecule has 0 fully saturated rings. The van der Waals surface area contributed by atoms with Crippen LogP contribution in [0, 0.1) is 0 Å². The summed E-state index contributed by atoms with van der Waals surface area (Å²) in [5.74, 6) is 2.08. The van der Waals surface area contributed by atoms with Crippen molar-refractivity contribution in [3.8, 4) is 0 Å². The van der Waals surface area contributed by atoms with Crippen molar-refractivity contribution < 1.29 is 59.0 Å². The third-order valence-electron chi connectivity index (χ3n) is 11.2. The van der Waals surface area contributed by atoms with Gasteiger partial charge in [0.2, 0.25) is 0 Å². The topological polar surface area (TPSA) is 189 Å². The second kappa shape index (κ2) is 32.3. The molecule has 88 heavy (non-hydrogen) atoms. The highest BCUT2D eigenvalue weighted by molar-refractivity contribution is 9.11. The van der Waals surface area contributed by atoms with Crippen LogP contribution in [0.4, 0.5) is 68.3 Å². The van der Waals surface area contributed by atoms with Gasteiger partial charge in [-0.05, 0) is 107 Å². The molecule has 33 heteroatoms. The molecular weight excluding hydrogens is 1540 g/mol. The molecule has 9 aromatic rings. The number of carbonyl (C=O) groups is 3. The van der Waals surface area contributed by atoms with Gasteiger partial charge in [-0.25, -0.2) is 19.7 Å². The molecule has 9 rings (SSSR count). The van der Waals surface area contributed by atoms with E-state index in [1.165, 1.54) is 64.2 Å². The standard InChI is InChI=1S/C19H16BrF3N2OS3.C18H15BrF3N3OS3.C11H9BrO2S2.C7H8F3N3S/c1-3-27-16-13-5-4-11(20)8-15(13)28-17(16)14(26)7-10-6-12(29-19(21,22)23)9-25-18(10)24-2;1-3-27-14-11-5-4-9(19)6-13(11)28-15(14)17(26)25(2)16-12(23)7-10(8-24-16)29-18(20,21)22;1-2-15-9-7-4-3-6(12)5-8(7)16-10(9)11(13)14;1-12-6-5(11)2-4(3-13-6)14-7(8,9)10/h4-6,8-9H,3,7H2,1-2H3,(H,24,25);4-8H,3,23H2,1-2H3;3-5H,2H2,1H3,(H,13,14);2-3H,11H2,1H3,(H,12,13). The van der Waals surface area contributed by atoms with Crippen LogP contribution in [0.25, 0.3) is 30.3 Å². The number of nitrogens with zero attached hydrogens (tertiary/aromatic N) is 4. The van der Waals surface area contributed by atoms with Crippen molar-refractivity contribution in [2.45, 2.75) is 73.1 Å². The molecule has 0 aliphatic rings. The Morgan fingerprint density at radius 2 is 0.932 bits per heavy atom. The van der Waals surface area contributed by atoms with Gasteiger partial charge in [-0.3, -0.25) is 14.5 Å².